The number of hydrogen-bond donors (Lipinski definition) is 1. The van der Waals surface area contributed by atoms with E-state index in [1.807, 2.05) is 0 Å². The summed E-state index contributed by atoms with van der Waals surface area (Å²) in [4.78, 5) is 10.8. The fraction of sp³-hybridized carbons (Fsp3) is 0.923. The summed E-state index contributed by atoms with van der Waals surface area (Å²) in [5, 5.41) is 8.91. The molecule has 0 aromatic heterocycles. The third-order valence-electron chi connectivity index (χ3n) is 3.85. The van der Waals surface area contributed by atoms with Gasteiger partial charge in [0.05, 0.1) is 12.5 Å². The van der Waals surface area contributed by atoms with Gasteiger partial charge in [0.25, 0.3) is 0 Å². The molecule has 1 aliphatic heterocycles. The van der Waals surface area contributed by atoms with Gasteiger partial charge in [-0.05, 0) is 50.9 Å². The molecule has 1 heterocycles. The van der Waals surface area contributed by atoms with Crippen LogP contribution in [0.3, 0.4) is 0 Å². The van der Waals surface area contributed by atoms with E-state index in [-0.39, 0.29) is 12.2 Å². The first kappa shape index (κ1) is 12.8. The van der Waals surface area contributed by atoms with Crippen molar-refractivity contribution in [2.24, 2.45) is 11.8 Å². The largest absolute Gasteiger partial charge is 0.481 e. The Balaban J connectivity index is 1.62. The minimum Gasteiger partial charge on any atom is -0.481 e. The van der Waals surface area contributed by atoms with Crippen LogP contribution in [0.15, 0.2) is 0 Å². The molecule has 1 aliphatic carbocycles. The van der Waals surface area contributed by atoms with Crippen LogP contribution in [0.1, 0.15) is 44.9 Å². The highest BCUT2D eigenvalue weighted by Crippen LogP contribution is 2.29. The molecule has 1 saturated carbocycles. The van der Waals surface area contributed by atoms with Crippen molar-refractivity contribution in [3.63, 3.8) is 0 Å². The summed E-state index contributed by atoms with van der Waals surface area (Å²) >= 11 is 0. The molecular weight excluding hydrogens is 220 g/mol. The SMILES string of the molecule is O=C(O)C1CCC(COC2CCCCO2)CC1. The van der Waals surface area contributed by atoms with Crippen molar-refractivity contribution < 1.29 is 19.4 Å². The monoisotopic (exact) mass is 242 g/mol. The van der Waals surface area contributed by atoms with Gasteiger partial charge in [0.1, 0.15) is 0 Å². The number of carbonyl (C=O) groups is 1. The molecule has 2 rings (SSSR count). The van der Waals surface area contributed by atoms with E-state index in [9.17, 15) is 4.79 Å². The third-order valence-corrected chi connectivity index (χ3v) is 3.85. The zero-order valence-electron chi connectivity index (χ0n) is 10.3. The highest BCUT2D eigenvalue weighted by molar-refractivity contribution is 5.69. The topological polar surface area (TPSA) is 55.8 Å². The zero-order valence-corrected chi connectivity index (χ0v) is 10.3. The summed E-state index contributed by atoms with van der Waals surface area (Å²) in [6.07, 6.45) is 6.88. The Bertz CT molecular complexity index is 240. The van der Waals surface area contributed by atoms with Crippen molar-refractivity contribution in [2.75, 3.05) is 13.2 Å². The summed E-state index contributed by atoms with van der Waals surface area (Å²) < 4.78 is 11.3. The quantitative estimate of drug-likeness (QED) is 0.822. The van der Waals surface area contributed by atoms with Crippen LogP contribution >= 0.6 is 0 Å². The number of aliphatic carboxylic acids is 1. The van der Waals surface area contributed by atoms with Crippen LogP contribution < -0.4 is 0 Å². The van der Waals surface area contributed by atoms with Gasteiger partial charge >= 0.3 is 5.97 Å². The van der Waals surface area contributed by atoms with Crippen molar-refractivity contribution in [2.45, 2.75) is 51.2 Å². The van der Waals surface area contributed by atoms with Crippen molar-refractivity contribution in [3.05, 3.63) is 0 Å². The van der Waals surface area contributed by atoms with Gasteiger partial charge in [-0.1, -0.05) is 0 Å². The number of carboxylic acid groups (broad SMARTS) is 1. The maximum absolute atomic E-state index is 10.8. The van der Waals surface area contributed by atoms with Crippen LogP contribution in [0.25, 0.3) is 0 Å². The summed E-state index contributed by atoms with van der Waals surface area (Å²) in [6.45, 7) is 1.55. The zero-order chi connectivity index (χ0) is 12.1. The van der Waals surface area contributed by atoms with Crippen LogP contribution in [-0.2, 0) is 14.3 Å². The van der Waals surface area contributed by atoms with E-state index in [1.54, 1.807) is 0 Å². The van der Waals surface area contributed by atoms with Crippen LogP contribution in [0.4, 0.5) is 0 Å². The van der Waals surface area contributed by atoms with Gasteiger partial charge in [0.15, 0.2) is 6.29 Å². The molecule has 0 amide bonds. The van der Waals surface area contributed by atoms with Crippen LogP contribution in [0.2, 0.25) is 0 Å². The third kappa shape index (κ3) is 3.96. The molecule has 4 nitrogen and oxygen atoms in total. The first-order chi connectivity index (χ1) is 8.25. The van der Waals surface area contributed by atoms with Crippen molar-refractivity contribution in [1.29, 1.82) is 0 Å². The van der Waals surface area contributed by atoms with Gasteiger partial charge in [-0.25, -0.2) is 0 Å². The van der Waals surface area contributed by atoms with Crippen LogP contribution in [0.5, 0.6) is 0 Å². The average molecular weight is 242 g/mol. The molecule has 0 spiro atoms. The lowest BCUT2D eigenvalue weighted by molar-refractivity contribution is -0.171. The van der Waals surface area contributed by atoms with Gasteiger partial charge in [0, 0.05) is 6.61 Å². The Morgan fingerprint density at radius 2 is 1.94 bits per heavy atom. The molecule has 0 aromatic rings. The van der Waals surface area contributed by atoms with E-state index in [2.05, 4.69) is 0 Å². The first-order valence-electron chi connectivity index (χ1n) is 6.71. The molecule has 0 radical (unpaired) electrons. The second-order valence-electron chi connectivity index (χ2n) is 5.19. The van der Waals surface area contributed by atoms with E-state index in [4.69, 9.17) is 14.6 Å². The van der Waals surface area contributed by atoms with Gasteiger partial charge in [0.2, 0.25) is 0 Å². The normalized spacial score (nSPS) is 34.5. The van der Waals surface area contributed by atoms with Gasteiger partial charge in [-0.3, -0.25) is 4.79 Å². The van der Waals surface area contributed by atoms with Crippen molar-refractivity contribution in [1.82, 2.24) is 0 Å². The summed E-state index contributed by atoms with van der Waals surface area (Å²) in [6, 6.07) is 0. The highest BCUT2D eigenvalue weighted by atomic mass is 16.7. The molecule has 1 saturated heterocycles. The molecule has 2 fully saturated rings. The Kier molecular flexibility index (Phi) is 4.80. The smallest absolute Gasteiger partial charge is 0.306 e. The molecular formula is C13H22O4. The summed E-state index contributed by atoms with van der Waals surface area (Å²) in [7, 11) is 0. The maximum atomic E-state index is 10.8. The van der Waals surface area contributed by atoms with E-state index >= 15 is 0 Å². The molecule has 2 aliphatic rings. The second-order valence-corrected chi connectivity index (χ2v) is 5.19. The lowest BCUT2D eigenvalue weighted by Crippen LogP contribution is -2.28. The lowest BCUT2D eigenvalue weighted by atomic mass is 9.82. The minimum absolute atomic E-state index is 0.0130. The summed E-state index contributed by atoms with van der Waals surface area (Å²) in [5.74, 6) is -0.242. The Morgan fingerprint density at radius 1 is 1.18 bits per heavy atom. The number of hydrogen-bond acceptors (Lipinski definition) is 3. The second kappa shape index (κ2) is 6.36. The molecule has 1 N–H and O–H groups in total. The van der Waals surface area contributed by atoms with Gasteiger partial charge in [-0.15, -0.1) is 0 Å². The van der Waals surface area contributed by atoms with E-state index in [1.165, 1.54) is 6.42 Å². The predicted octanol–water partition coefficient (Wildman–Crippen LogP) is 2.42. The van der Waals surface area contributed by atoms with Crippen LogP contribution in [-0.4, -0.2) is 30.6 Å². The van der Waals surface area contributed by atoms with Crippen molar-refractivity contribution >= 4 is 5.97 Å². The van der Waals surface area contributed by atoms with E-state index in [0.29, 0.717) is 5.92 Å². The fourth-order valence-corrected chi connectivity index (χ4v) is 2.66. The minimum atomic E-state index is -0.639. The van der Waals surface area contributed by atoms with Crippen molar-refractivity contribution in [3.8, 4) is 0 Å². The van der Waals surface area contributed by atoms with E-state index in [0.717, 1.165) is 51.7 Å². The lowest BCUT2D eigenvalue weighted by Gasteiger charge is -2.29. The number of ether oxygens (including phenoxy) is 2. The molecule has 0 aromatic carbocycles. The first-order valence-corrected chi connectivity index (χ1v) is 6.71. The maximum Gasteiger partial charge on any atom is 0.306 e. The Hall–Kier alpha value is -0.610. The fourth-order valence-electron chi connectivity index (χ4n) is 2.66. The van der Waals surface area contributed by atoms with E-state index < -0.39 is 5.97 Å². The number of rotatable bonds is 4. The molecule has 1 atom stereocenters. The Morgan fingerprint density at radius 3 is 2.53 bits per heavy atom. The van der Waals surface area contributed by atoms with Gasteiger partial charge < -0.3 is 14.6 Å². The summed E-state index contributed by atoms with van der Waals surface area (Å²) in [5.41, 5.74) is 0. The molecule has 1 unspecified atom stereocenters. The standard InChI is InChI=1S/C13H22O4/c14-13(15)11-6-4-10(5-7-11)9-17-12-3-1-2-8-16-12/h10-12H,1-9H2,(H,14,15). The molecule has 4 heteroatoms. The molecule has 17 heavy (non-hydrogen) atoms. The number of carboxylic acids is 1. The predicted molar refractivity (Wildman–Crippen MR) is 62.6 cm³/mol. The Labute approximate surface area is 102 Å². The van der Waals surface area contributed by atoms with Crippen LogP contribution in [0, 0.1) is 11.8 Å². The highest BCUT2D eigenvalue weighted by Gasteiger charge is 2.26. The average Bonchev–Trinajstić information content (AvgIpc) is 2.38. The van der Waals surface area contributed by atoms with Gasteiger partial charge in [-0.2, -0.15) is 0 Å². The molecule has 98 valence electrons. The molecule has 0 bridgehead atoms.